The first-order valence-electron chi connectivity index (χ1n) is 8.35. The number of aryl methyl sites for hydroxylation is 1. The number of anilines is 1. The van der Waals surface area contributed by atoms with Crippen molar-refractivity contribution in [1.82, 2.24) is 4.90 Å². The number of carbonyl (C=O) groups excluding carboxylic acids is 2. The van der Waals surface area contributed by atoms with Crippen molar-refractivity contribution in [3.63, 3.8) is 0 Å². The van der Waals surface area contributed by atoms with Gasteiger partial charge in [-0.3, -0.25) is 9.59 Å². The van der Waals surface area contributed by atoms with Crippen molar-refractivity contribution in [2.75, 3.05) is 33.1 Å². The molecule has 2 amide bonds. The minimum absolute atomic E-state index is 0.0634. The van der Waals surface area contributed by atoms with Crippen molar-refractivity contribution in [3.05, 3.63) is 53.6 Å². The van der Waals surface area contributed by atoms with Crippen molar-refractivity contribution in [3.8, 4) is 11.5 Å². The zero-order chi connectivity index (χ0) is 19.1. The first-order valence-corrected chi connectivity index (χ1v) is 8.35. The summed E-state index contributed by atoms with van der Waals surface area (Å²) in [7, 11) is 4.61. The SMILES string of the molecule is CCc1ccccc1NC(=O)CN(C)C(=O)c1ccc(OC)cc1OC. The van der Waals surface area contributed by atoms with Crippen LogP contribution in [-0.4, -0.2) is 44.5 Å². The van der Waals surface area contributed by atoms with Gasteiger partial charge in [0, 0.05) is 18.8 Å². The van der Waals surface area contributed by atoms with Gasteiger partial charge in [0.2, 0.25) is 5.91 Å². The van der Waals surface area contributed by atoms with Gasteiger partial charge >= 0.3 is 0 Å². The molecule has 0 bridgehead atoms. The molecule has 0 atom stereocenters. The molecular formula is C20H24N2O4. The fourth-order valence-electron chi connectivity index (χ4n) is 2.61. The quantitative estimate of drug-likeness (QED) is 0.828. The number of nitrogens with one attached hydrogen (secondary N) is 1. The first kappa shape index (κ1) is 19.3. The first-order chi connectivity index (χ1) is 12.5. The van der Waals surface area contributed by atoms with E-state index in [4.69, 9.17) is 9.47 Å². The van der Waals surface area contributed by atoms with Crippen molar-refractivity contribution in [2.24, 2.45) is 0 Å². The molecule has 2 rings (SSSR count). The molecule has 0 heterocycles. The van der Waals surface area contributed by atoms with E-state index in [1.807, 2.05) is 31.2 Å². The van der Waals surface area contributed by atoms with Crippen LogP contribution in [0.25, 0.3) is 0 Å². The lowest BCUT2D eigenvalue weighted by Gasteiger charge is -2.19. The largest absolute Gasteiger partial charge is 0.497 e. The number of likely N-dealkylation sites (N-methyl/N-ethyl adjacent to an activating group) is 1. The Bertz CT molecular complexity index is 789. The molecule has 0 aliphatic rings. The predicted molar refractivity (Wildman–Crippen MR) is 101 cm³/mol. The highest BCUT2D eigenvalue weighted by atomic mass is 16.5. The minimum atomic E-state index is -0.302. The summed E-state index contributed by atoms with van der Waals surface area (Å²) in [5.41, 5.74) is 2.19. The molecule has 6 heteroatoms. The second-order valence-corrected chi connectivity index (χ2v) is 5.79. The molecule has 1 N–H and O–H groups in total. The topological polar surface area (TPSA) is 67.9 Å². The highest BCUT2D eigenvalue weighted by Crippen LogP contribution is 2.25. The molecule has 0 radical (unpaired) electrons. The number of carbonyl (C=O) groups is 2. The number of nitrogens with zero attached hydrogens (tertiary/aromatic N) is 1. The molecule has 0 aromatic heterocycles. The Morgan fingerprint density at radius 2 is 1.81 bits per heavy atom. The monoisotopic (exact) mass is 356 g/mol. The average Bonchev–Trinajstić information content (AvgIpc) is 2.67. The summed E-state index contributed by atoms with van der Waals surface area (Å²) in [6, 6.07) is 12.6. The number of para-hydroxylation sites is 1. The second kappa shape index (κ2) is 8.89. The normalized spacial score (nSPS) is 10.2. The molecule has 0 fully saturated rings. The van der Waals surface area contributed by atoms with Crippen LogP contribution in [0.1, 0.15) is 22.8 Å². The molecule has 138 valence electrons. The second-order valence-electron chi connectivity index (χ2n) is 5.79. The van der Waals surface area contributed by atoms with Gasteiger partial charge in [-0.1, -0.05) is 25.1 Å². The zero-order valence-corrected chi connectivity index (χ0v) is 15.5. The maximum atomic E-state index is 12.7. The van der Waals surface area contributed by atoms with Gasteiger partial charge in [0.05, 0.1) is 26.3 Å². The molecule has 0 saturated carbocycles. The smallest absolute Gasteiger partial charge is 0.257 e. The molecule has 0 aliphatic heterocycles. The Morgan fingerprint density at radius 3 is 2.46 bits per heavy atom. The number of hydrogen-bond donors (Lipinski definition) is 1. The van der Waals surface area contributed by atoms with E-state index in [0.29, 0.717) is 17.1 Å². The van der Waals surface area contributed by atoms with E-state index >= 15 is 0 Å². The Balaban J connectivity index is 2.08. The van der Waals surface area contributed by atoms with Crippen LogP contribution in [0.15, 0.2) is 42.5 Å². The number of rotatable bonds is 7. The van der Waals surface area contributed by atoms with E-state index in [1.165, 1.54) is 12.0 Å². The molecule has 2 aromatic carbocycles. The third kappa shape index (κ3) is 4.53. The number of methoxy groups -OCH3 is 2. The maximum Gasteiger partial charge on any atom is 0.257 e. The Kier molecular flexibility index (Phi) is 6.60. The van der Waals surface area contributed by atoms with E-state index in [0.717, 1.165) is 17.7 Å². The molecule has 0 spiro atoms. The Hall–Kier alpha value is -3.02. The van der Waals surface area contributed by atoms with E-state index in [9.17, 15) is 9.59 Å². The Morgan fingerprint density at radius 1 is 1.08 bits per heavy atom. The van der Waals surface area contributed by atoms with Gasteiger partial charge in [-0.05, 0) is 30.2 Å². The van der Waals surface area contributed by atoms with E-state index in [2.05, 4.69) is 5.32 Å². The Labute approximate surface area is 153 Å². The lowest BCUT2D eigenvalue weighted by atomic mass is 10.1. The van der Waals surface area contributed by atoms with Gasteiger partial charge in [-0.2, -0.15) is 0 Å². The van der Waals surface area contributed by atoms with E-state index in [-0.39, 0.29) is 18.4 Å². The van der Waals surface area contributed by atoms with Gasteiger partial charge in [-0.15, -0.1) is 0 Å². The van der Waals surface area contributed by atoms with Crippen LogP contribution in [0.5, 0.6) is 11.5 Å². The zero-order valence-electron chi connectivity index (χ0n) is 15.5. The fraction of sp³-hybridized carbons (Fsp3) is 0.300. The third-order valence-electron chi connectivity index (χ3n) is 4.04. The fourth-order valence-corrected chi connectivity index (χ4v) is 2.61. The molecule has 2 aromatic rings. The summed E-state index contributed by atoms with van der Waals surface area (Å²) in [6.07, 6.45) is 0.814. The van der Waals surface area contributed by atoms with Crippen molar-refractivity contribution >= 4 is 17.5 Å². The summed E-state index contributed by atoms with van der Waals surface area (Å²) in [6.45, 7) is 1.96. The maximum absolute atomic E-state index is 12.7. The van der Waals surface area contributed by atoms with Gasteiger partial charge in [0.15, 0.2) is 0 Å². The molecule has 26 heavy (non-hydrogen) atoms. The van der Waals surface area contributed by atoms with Crippen LogP contribution >= 0.6 is 0 Å². The molecule has 6 nitrogen and oxygen atoms in total. The number of hydrogen-bond acceptors (Lipinski definition) is 4. The van der Waals surface area contributed by atoms with Crippen LogP contribution in [0.4, 0.5) is 5.69 Å². The van der Waals surface area contributed by atoms with Crippen LogP contribution < -0.4 is 14.8 Å². The van der Waals surface area contributed by atoms with Gasteiger partial charge in [-0.25, -0.2) is 0 Å². The van der Waals surface area contributed by atoms with Crippen LogP contribution in [0, 0.1) is 0 Å². The summed E-state index contributed by atoms with van der Waals surface area (Å²) < 4.78 is 10.4. The molecule has 0 aliphatic carbocycles. The van der Waals surface area contributed by atoms with Gasteiger partial charge < -0.3 is 19.7 Å². The average molecular weight is 356 g/mol. The highest BCUT2D eigenvalue weighted by molar-refractivity contribution is 6.01. The van der Waals surface area contributed by atoms with Crippen molar-refractivity contribution < 1.29 is 19.1 Å². The van der Waals surface area contributed by atoms with Crippen molar-refractivity contribution in [1.29, 1.82) is 0 Å². The standard InChI is InChI=1S/C20H24N2O4/c1-5-14-8-6-7-9-17(14)21-19(23)13-22(2)20(24)16-11-10-15(25-3)12-18(16)26-4/h6-12H,5,13H2,1-4H3,(H,21,23). The number of benzene rings is 2. The minimum Gasteiger partial charge on any atom is -0.497 e. The summed E-state index contributed by atoms with van der Waals surface area (Å²) in [5, 5.41) is 2.86. The van der Waals surface area contributed by atoms with E-state index < -0.39 is 0 Å². The number of amides is 2. The molecule has 0 saturated heterocycles. The summed E-state index contributed by atoms with van der Waals surface area (Å²) in [4.78, 5) is 26.3. The van der Waals surface area contributed by atoms with Gasteiger partial charge in [0.25, 0.3) is 5.91 Å². The van der Waals surface area contributed by atoms with E-state index in [1.54, 1.807) is 32.4 Å². The lowest BCUT2D eigenvalue weighted by Crippen LogP contribution is -2.35. The highest BCUT2D eigenvalue weighted by Gasteiger charge is 2.19. The predicted octanol–water partition coefficient (Wildman–Crippen LogP) is 2.98. The molecular weight excluding hydrogens is 332 g/mol. The summed E-state index contributed by atoms with van der Waals surface area (Å²) in [5.74, 6) is 0.436. The van der Waals surface area contributed by atoms with Crippen LogP contribution in [0.2, 0.25) is 0 Å². The van der Waals surface area contributed by atoms with Crippen LogP contribution in [0.3, 0.4) is 0 Å². The third-order valence-corrected chi connectivity index (χ3v) is 4.04. The lowest BCUT2D eigenvalue weighted by molar-refractivity contribution is -0.116. The van der Waals surface area contributed by atoms with Gasteiger partial charge in [0.1, 0.15) is 11.5 Å². The van der Waals surface area contributed by atoms with Crippen LogP contribution in [-0.2, 0) is 11.2 Å². The molecule has 0 unspecified atom stereocenters. The summed E-state index contributed by atoms with van der Waals surface area (Å²) >= 11 is 0. The number of ether oxygens (including phenoxy) is 2. The van der Waals surface area contributed by atoms with Crippen molar-refractivity contribution in [2.45, 2.75) is 13.3 Å².